The normalized spacial score (nSPS) is 9.81. The van der Waals surface area contributed by atoms with Crippen molar-refractivity contribution in [1.29, 1.82) is 0 Å². The summed E-state index contributed by atoms with van der Waals surface area (Å²) < 4.78 is 10.4. The molecule has 86 valence electrons. The summed E-state index contributed by atoms with van der Waals surface area (Å²) in [6.45, 7) is 4.09. The molecule has 5 nitrogen and oxygen atoms in total. The van der Waals surface area contributed by atoms with E-state index in [0.717, 1.165) is 11.3 Å². The monoisotopic (exact) mass is 221 g/mol. The van der Waals surface area contributed by atoms with Crippen LogP contribution in [-0.4, -0.2) is 14.2 Å². The second-order valence-corrected chi connectivity index (χ2v) is 3.61. The van der Waals surface area contributed by atoms with Crippen molar-refractivity contribution in [1.82, 2.24) is 0 Å². The van der Waals surface area contributed by atoms with Crippen LogP contribution in [0.5, 0.6) is 11.5 Å². The van der Waals surface area contributed by atoms with Gasteiger partial charge < -0.3 is 9.47 Å². The van der Waals surface area contributed by atoms with Gasteiger partial charge in [0.05, 0.1) is 19.9 Å². The van der Waals surface area contributed by atoms with Gasteiger partial charge in [0.15, 0.2) is 0 Å². The lowest BCUT2D eigenvalue weighted by atomic mass is 10.0. The van der Waals surface area contributed by atoms with Crippen LogP contribution in [0.3, 0.4) is 0 Å². The van der Waals surface area contributed by atoms with Gasteiger partial charge in [0.25, 0.3) is 0 Å². The van der Waals surface area contributed by atoms with E-state index in [9.17, 15) is 0 Å². The van der Waals surface area contributed by atoms with E-state index in [1.54, 1.807) is 19.2 Å². The molecule has 0 saturated heterocycles. The summed E-state index contributed by atoms with van der Waals surface area (Å²) in [5, 5.41) is 3.60. The van der Waals surface area contributed by atoms with Crippen molar-refractivity contribution in [2.75, 3.05) is 14.2 Å². The molecule has 0 N–H and O–H groups in total. The summed E-state index contributed by atoms with van der Waals surface area (Å²) in [5.74, 6) is 1.54. The number of benzene rings is 1. The number of methoxy groups -OCH3 is 2. The van der Waals surface area contributed by atoms with Crippen LogP contribution in [0.15, 0.2) is 17.2 Å². The van der Waals surface area contributed by atoms with Gasteiger partial charge in [0, 0.05) is 11.0 Å². The summed E-state index contributed by atoms with van der Waals surface area (Å²) >= 11 is 0. The quantitative estimate of drug-likeness (QED) is 0.441. The molecular weight excluding hydrogens is 206 g/mol. The van der Waals surface area contributed by atoms with E-state index < -0.39 is 0 Å². The lowest BCUT2D eigenvalue weighted by Gasteiger charge is -2.14. The Morgan fingerprint density at radius 2 is 1.81 bits per heavy atom. The van der Waals surface area contributed by atoms with Gasteiger partial charge in [-0.3, -0.25) is 0 Å². The number of hydrogen-bond donors (Lipinski definition) is 0. The van der Waals surface area contributed by atoms with Gasteiger partial charge >= 0.3 is 0 Å². The Kier molecular flexibility index (Phi) is 4.03. The number of rotatable bonds is 4. The first-order valence-electron chi connectivity index (χ1n) is 4.95. The largest absolute Gasteiger partial charge is 0.496 e. The highest BCUT2D eigenvalue weighted by Crippen LogP contribution is 2.38. The molecule has 0 saturated carbocycles. The maximum Gasteiger partial charge on any atom is 0.132 e. The summed E-state index contributed by atoms with van der Waals surface area (Å²) in [6, 6.07) is 3.53. The molecule has 0 aliphatic heterocycles. The van der Waals surface area contributed by atoms with Gasteiger partial charge in [0.1, 0.15) is 11.5 Å². The molecule has 0 bridgehead atoms. The minimum Gasteiger partial charge on any atom is -0.496 e. The van der Waals surface area contributed by atoms with Crippen molar-refractivity contribution in [3.8, 4) is 11.5 Å². The van der Waals surface area contributed by atoms with Crippen molar-refractivity contribution in [3.05, 3.63) is 28.1 Å². The van der Waals surface area contributed by atoms with Crippen molar-refractivity contribution >= 4 is 5.69 Å². The lowest BCUT2D eigenvalue weighted by Crippen LogP contribution is -1.95. The average molecular weight is 221 g/mol. The van der Waals surface area contributed by atoms with Gasteiger partial charge in [-0.05, 0) is 23.1 Å². The van der Waals surface area contributed by atoms with Crippen molar-refractivity contribution in [2.45, 2.75) is 19.8 Å². The Hall–Kier alpha value is -1.87. The molecular formula is C11H15N3O2. The molecule has 0 atom stereocenters. The van der Waals surface area contributed by atoms with E-state index in [0.29, 0.717) is 11.4 Å². The first-order chi connectivity index (χ1) is 7.63. The van der Waals surface area contributed by atoms with Gasteiger partial charge in [-0.2, -0.15) is 0 Å². The number of ether oxygens (including phenoxy) is 2. The Labute approximate surface area is 94.6 Å². The fraction of sp³-hybridized carbons (Fsp3) is 0.455. The third kappa shape index (κ3) is 2.38. The van der Waals surface area contributed by atoms with E-state index in [-0.39, 0.29) is 5.92 Å². The Morgan fingerprint density at radius 1 is 1.19 bits per heavy atom. The van der Waals surface area contributed by atoms with Crippen LogP contribution in [0.25, 0.3) is 10.4 Å². The molecule has 0 aromatic heterocycles. The molecule has 0 aliphatic carbocycles. The zero-order valence-electron chi connectivity index (χ0n) is 9.89. The van der Waals surface area contributed by atoms with Gasteiger partial charge in [0.2, 0.25) is 0 Å². The lowest BCUT2D eigenvalue weighted by molar-refractivity contribution is 0.390. The predicted molar refractivity (Wildman–Crippen MR) is 62.4 cm³/mol. The maximum atomic E-state index is 8.47. The minimum atomic E-state index is 0.286. The zero-order chi connectivity index (χ0) is 12.1. The van der Waals surface area contributed by atoms with Gasteiger partial charge in [-0.15, -0.1) is 0 Å². The summed E-state index contributed by atoms with van der Waals surface area (Å²) in [5.41, 5.74) is 9.94. The average Bonchev–Trinajstić information content (AvgIpc) is 2.28. The highest BCUT2D eigenvalue weighted by molar-refractivity contribution is 5.59. The predicted octanol–water partition coefficient (Wildman–Crippen LogP) is 3.77. The molecule has 16 heavy (non-hydrogen) atoms. The Balaban J connectivity index is 3.40. The van der Waals surface area contributed by atoms with E-state index in [4.69, 9.17) is 15.0 Å². The third-order valence-electron chi connectivity index (χ3n) is 2.31. The number of azide groups is 1. The van der Waals surface area contributed by atoms with E-state index in [1.807, 2.05) is 13.8 Å². The first-order valence-corrected chi connectivity index (χ1v) is 4.95. The summed E-state index contributed by atoms with van der Waals surface area (Å²) in [4.78, 5) is 2.77. The Morgan fingerprint density at radius 3 is 2.25 bits per heavy atom. The molecule has 0 heterocycles. The first kappa shape index (κ1) is 12.2. The van der Waals surface area contributed by atoms with Crippen LogP contribution in [-0.2, 0) is 0 Å². The SMILES string of the molecule is COc1cc(OC)c(C(C)C)cc1N=[N+]=[N-]. The summed E-state index contributed by atoms with van der Waals surface area (Å²) in [6.07, 6.45) is 0. The Bertz CT molecular complexity index is 423. The van der Waals surface area contributed by atoms with Crippen LogP contribution in [0.1, 0.15) is 25.3 Å². The molecule has 1 aromatic carbocycles. The molecule has 0 amide bonds. The van der Waals surface area contributed by atoms with Crippen molar-refractivity contribution in [2.24, 2.45) is 5.11 Å². The second kappa shape index (κ2) is 5.28. The number of hydrogen-bond acceptors (Lipinski definition) is 3. The van der Waals surface area contributed by atoms with Gasteiger partial charge in [-0.25, -0.2) is 0 Å². The zero-order valence-corrected chi connectivity index (χ0v) is 9.89. The smallest absolute Gasteiger partial charge is 0.132 e. The molecule has 1 aromatic rings. The fourth-order valence-electron chi connectivity index (χ4n) is 1.48. The molecule has 0 spiro atoms. The number of nitrogens with zero attached hydrogens (tertiary/aromatic N) is 3. The van der Waals surface area contributed by atoms with Crippen LogP contribution < -0.4 is 9.47 Å². The van der Waals surface area contributed by atoms with Gasteiger partial charge in [-0.1, -0.05) is 19.0 Å². The molecule has 0 unspecified atom stereocenters. The van der Waals surface area contributed by atoms with Crippen LogP contribution in [0, 0.1) is 0 Å². The molecule has 5 heteroatoms. The molecule has 0 fully saturated rings. The molecule has 0 radical (unpaired) electrons. The van der Waals surface area contributed by atoms with Crippen LogP contribution in [0.2, 0.25) is 0 Å². The molecule has 1 rings (SSSR count). The topological polar surface area (TPSA) is 67.2 Å². The van der Waals surface area contributed by atoms with E-state index >= 15 is 0 Å². The maximum absolute atomic E-state index is 8.47. The van der Waals surface area contributed by atoms with E-state index in [2.05, 4.69) is 10.0 Å². The van der Waals surface area contributed by atoms with Crippen LogP contribution in [0.4, 0.5) is 5.69 Å². The highest BCUT2D eigenvalue weighted by atomic mass is 16.5. The fourth-order valence-corrected chi connectivity index (χ4v) is 1.48. The highest BCUT2D eigenvalue weighted by Gasteiger charge is 2.12. The standard InChI is InChI=1S/C11H15N3O2/c1-7(2)8-5-9(13-14-12)11(16-4)6-10(8)15-3/h5-7H,1-4H3. The minimum absolute atomic E-state index is 0.286. The van der Waals surface area contributed by atoms with Crippen molar-refractivity contribution in [3.63, 3.8) is 0 Å². The third-order valence-corrected chi connectivity index (χ3v) is 2.31. The second-order valence-electron chi connectivity index (χ2n) is 3.61. The molecule has 0 aliphatic rings. The van der Waals surface area contributed by atoms with Crippen molar-refractivity contribution < 1.29 is 9.47 Å². The van der Waals surface area contributed by atoms with Crippen LogP contribution >= 0.6 is 0 Å². The summed E-state index contributed by atoms with van der Waals surface area (Å²) in [7, 11) is 3.13. The van der Waals surface area contributed by atoms with E-state index in [1.165, 1.54) is 7.11 Å².